The summed E-state index contributed by atoms with van der Waals surface area (Å²) in [6, 6.07) is 0. The molecule has 0 aliphatic carbocycles. The molecule has 104 valence electrons. The van der Waals surface area contributed by atoms with Gasteiger partial charge in [-0.1, -0.05) is 6.92 Å². The molecule has 6 heteroatoms. The first-order valence-electron chi connectivity index (χ1n) is 5.97. The predicted octanol–water partition coefficient (Wildman–Crippen LogP) is 1.82. The number of nitrogens with two attached hydrogens (primary N) is 1. The van der Waals surface area contributed by atoms with E-state index >= 15 is 0 Å². The van der Waals surface area contributed by atoms with Crippen LogP contribution < -0.4 is 10.5 Å². The quantitative estimate of drug-likeness (QED) is 0.857. The van der Waals surface area contributed by atoms with E-state index in [2.05, 4.69) is 4.72 Å². The zero-order chi connectivity index (χ0) is 14.1. The van der Waals surface area contributed by atoms with Crippen LogP contribution in [0.1, 0.15) is 44.3 Å². The molecule has 0 aromatic carbocycles. The van der Waals surface area contributed by atoms with Crippen molar-refractivity contribution < 1.29 is 12.8 Å². The fraction of sp³-hybridized carbons (Fsp3) is 0.667. The van der Waals surface area contributed by atoms with Gasteiger partial charge in [0.05, 0.1) is 0 Å². The lowest BCUT2D eigenvalue weighted by atomic mass is 10.0. The lowest BCUT2D eigenvalue weighted by molar-refractivity contribution is 0.437. The molecule has 0 unspecified atom stereocenters. The molecule has 3 N–H and O–H groups in total. The SMILES string of the molecule is CCC(C)(C)NS(=O)(=O)c1c(C)oc(C)c1CN. The summed E-state index contributed by atoms with van der Waals surface area (Å²) >= 11 is 0. The van der Waals surface area contributed by atoms with Crippen molar-refractivity contribution in [2.45, 2.75) is 58.0 Å². The van der Waals surface area contributed by atoms with Gasteiger partial charge in [0.1, 0.15) is 16.4 Å². The molecule has 0 atom stereocenters. The van der Waals surface area contributed by atoms with Crippen molar-refractivity contribution in [3.63, 3.8) is 0 Å². The molecule has 0 bridgehead atoms. The highest BCUT2D eigenvalue weighted by Gasteiger charge is 2.30. The Labute approximate surface area is 109 Å². The van der Waals surface area contributed by atoms with Gasteiger partial charge in [0.2, 0.25) is 10.0 Å². The van der Waals surface area contributed by atoms with Gasteiger partial charge in [0, 0.05) is 17.6 Å². The molecule has 0 fully saturated rings. The van der Waals surface area contributed by atoms with E-state index in [0.717, 1.165) is 0 Å². The van der Waals surface area contributed by atoms with Crippen molar-refractivity contribution in [2.24, 2.45) is 5.73 Å². The van der Waals surface area contributed by atoms with Crippen LogP contribution in [-0.4, -0.2) is 14.0 Å². The third-order valence-corrected chi connectivity index (χ3v) is 4.99. The lowest BCUT2D eigenvalue weighted by Crippen LogP contribution is -2.43. The smallest absolute Gasteiger partial charge is 0.244 e. The summed E-state index contributed by atoms with van der Waals surface area (Å²) in [6.45, 7) is 9.12. The molecule has 0 spiro atoms. The fourth-order valence-corrected chi connectivity index (χ4v) is 3.73. The Morgan fingerprint density at radius 2 is 1.83 bits per heavy atom. The van der Waals surface area contributed by atoms with Gasteiger partial charge in [0.25, 0.3) is 0 Å². The highest BCUT2D eigenvalue weighted by atomic mass is 32.2. The fourth-order valence-electron chi connectivity index (χ4n) is 1.78. The third kappa shape index (κ3) is 2.93. The maximum atomic E-state index is 12.4. The maximum Gasteiger partial charge on any atom is 0.244 e. The Hall–Kier alpha value is -0.850. The van der Waals surface area contributed by atoms with Gasteiger partial charge >= 0.3 is 0 Å². The summed E-state index contributed by atoms with van der Waals surface area (Å²) in [5.74, 6) is 0.942. The molecule has 0 aliphatic rings. The topological polar surface area (TPSA) is 85.3 Å². The van der Waals surface area contributed by atoms with E-state index in [9.17, 15) is 8.42 Å². The molecule has 1 heterocycles. The Balaban J connectivity index is 3.29. The summed E-state index contributed by atoms with van der Waals surface area (Å²) in [4.78, 5) is 0.184. The van der Waals surface area contributed by atoms with E-state index in [4.69, 9.17) is 10.2 Å². The van der Waals surface area contributed by atoms with Crippen LogP contribution in [0.2, 0.25) is 0 Å². The first-order valence-corrected chi connectivity index (χ1v) is 7.46. The van der Waals surface area contributed by atoms with Crippen LogP contribution in [-0.2, 0) is 16.6 Å². The van der Waals surface area contributed by atoms with Gasteiger partial charge in [-0.25, -0.2) is 13.1 Å². The number of hydrogen-bond donors (Lipinski definition) is 2. The Morgan fingerprint density at radius 3 is 2.28 bits per heavy atom. The van der Waals surface area contributed by atoms with Gasteiger partial charge in [-0.15, -0.1) is 0 Å². The first-order chi connectivity index (χ1) is 8.14. The second-order valence-corrected chi connectivity index (χ2v) is 6.69. The number of rotatable bonds is 5. The van der Waals surface area contributed by atoms with Crippen molar-refractivity contribution in [1.29, 1.82) is 0 Å². The molecule has 1 aromatic rings. The third-order valence-electron chi connectivity index (χ3n) is 3.09. The van der Waals surface area contributed by atoms with Crippen molar-refractivity contribution in [3.8, 4) is 0 Å². The van der Waals surface area contributed by atoms with Crippen LogP contribution in [0, 0.1) is 13.8 Å². The zero-order valence-electron chi connectivity index (χ0n) is 11.6. The van der Waals surface area contributed by atoms with Crippen LogP contribution in [0.25, 0.3) is 0 Å². The van der Waals surface area contributed by atoms with E-state index in [0.29, 0.717) is 23.5 Å². The second kappa shape index (κ2) is 5.03. The minimum atomic E-state index is -3.61. The predicted molar refractivity (Wildman–Crippen MR) is 70.8 cm³/mol. The summed E-state index contributed by atoms with van der Waals surface area (Å²) in [5.41, 5.74) is 5.66. The van der Waals surface area contributed by atoms with E-state index in [-0.39, 0.29) is 11.4 Å². The minimum Gasteiger partial charge on any atom is -0.465 e. The van der Waals surface area contributed by atoms with E-state index in [1.807, 2.05) is 20.8 Å². The summed E-state index contributed by atoms with van der Waals surface area (Å²) < 4.78 is 32.8. The summed E-state index contributed by atoms with van der Waals surface area (Å²) in [5, 5.41) is 0. The monoisotopic (exact) mass is 274 g/mol. The van der Waals surface area contributed by atoms with Crippen LogP contribution in [0.4, 0.5) is 0 Å². The number of furan rings is 1. The van der Waals surface area contributed by atoms with Crippen molar-refractivity contribution in [1.82, 2.24) is 4.72 Å². The standard InChI is InChI=1S/C12H22N2O3S/c1-6-12(4,5)14-18(15,16)11-9(3)17-8(2)10(11)7-13/h14H,6-7,13H2,1-5H3. The molecule has 1 rings (SSSR count). The molecule has 1 aromatic heterocycles. The molecular weight excluding hydrogens is 252 g/mol. The van der Waals surface area contributed by atoms with E-state index < -0.39 is 15.6 Å². The maximum absolute atomic E-state index is 12.4. The highest BCUT2D eigenvalue weighted by molar-refractivity contribution is 7.89. The van der Waals surface area contributed by atoms with Crippen LogP contribution >= 0.6 is 0 Å². The van der Waals surface area contributed by atoms with Crippen molar-refractivity contribution >= 4 is 10.0 Å². The Morgan fingerprint density at radius 1 is 1.28 bits per heavy atom. The number of hydrogen-bond acceptors (Lipinski definition) is 4. The average Bonchev–Trinajstić information content (AvgIpc) is 2.52. The van der Waals surface area contributed by atoms with Gasteiger partial charge < -0.3 is 10.2 Å². The normalized spacial score (nSPS) is 13.0. The second-order valence-electron chi connectivity index (χ2n) is 5.07. The minimum absolute atomic E-state index is 0.145. The molecule has 0 aliphatic heterocycles. The molecule has 5 nitrogen and oxygen atoms in total. The summed E-state index contributed by atoms with van der Waals surface area (Å²) in [6.07, 6.45) is 0.695. The van der Waals surface area contributed by atoms with Crippen LogP contribution in [0.15, 0.2) is 9.31 Å². The number of aryl methyl sites for hydroxylation is 2. The zero-order valence-corrected chi connectivity index (χ0v) is 12.4. The lowest BCUT2D eigenvalue weighted by Gasteiger charge is -2.24. The van der Waals surface area contributed by atoms with Gasteiger partial charge in [-0.3, -0.25) is 0 Å². The largest absolute Gasteiger partial charge is 0.465 e. The molecule has 0 saturated heterocycles. The first kappa shape index (κ1) is 15.2. The molecule has 0 saturated carbocycles. The highest BCUT2D eigenvalue weighted by Crippen LogP contribution is 2.27. The van der Waals surface area contributed by atoms with Crippen molar-refractivity contribution in [3.05, 3.63) is 17.1 Å². The molecular formula is C12H22N2O3S. The number of nitrogens with one attached hydrogen (secondary N) is 1. The van der Waals surface area contributed by atoms with Gasteiger partial charge in [-0.05, 0) is 34.1 Å². The number of sulfonamides is 1. The summed E-state index contributed by atoms with van der Waals surface area (Å²) in [7, 11) is -3.61. The molecule has 0 radical (unpaired) electrons. The van der Waals surface area contributed by atoms with Crippen LogP contribution in [0.5, 0.6) is 0 Å². The Bertz CT molecular complexity index is 530. The average molecular weight is 274 g/mol. The molecule has 18 heavy (non-hydrogen) atoms. The van der Waals surface area contributed by atoms with Gasteiger partial charge in [-0.2, -0.15) is 0 Å². The van der Waals surface area contributed by atoms with Crippen molar-refractivity contribution in [2.75, 3.05) is 0 Å². The molecule has 0 amide bonds. The van der Waals surface area contributed by atoms with E-state index in [1.165, 1.54) is 0 Å². The Kier molecular flexibility index (Phi) is 4.25. The van der Waals surface area contributed by atoms with E-state index in [1.54, 1.807) is 13.8 Å². The van der Waals surface area contributed by atoms with Gasteiger partial charge in [0.15, 0.2) is 0 Å². The van der Waals surface area contributed by atoms with Crippen LogP contribution in [0.3, 0.4) is 0 Å².